The molecule has 1 amide bonds. The lowest BCUT2D eigenvalue weighted by Gasteiger charge is -2.31. The fourth-order valence-electron chi connectivity index (χ4n) is 3.91. The second-order valence-electron chi connectivity index (χ2n) is 8.08. The summed E-state index contributed by atoms with van der Waals surface area (Å²) in [4.78, 5) is 19.5. The molecule has 1 fully saturated rings. The largest absolute Gasteiger partial charge is 0.356 e. The maximum absolute atomic E-state index is 12.4. The fourth-order valence-corrected chi connectivity index (χ4v) is 4.65. The highest BCUT2D eigenvalue weighted by molar-refractivity contribution is 7.09. The van der Waals surface area contributed by atoms with E-state index >= 15 is 0 Å². The molecule has 3 rings (SSSR count). The SMILES string of the molecule is CCCCC(CC)C(=O)NCC1CCN(c2nc(Cc3ccccc3)ns2)CC1. The van der Waals surface area contributed by atoms with Crippen molar-refractivity contribution in [3.05, 3.63) is 41.7 Å². The van der Waals surface area contributed by atoms with Crippen LogP contribution in [0.3, 0.4) is 0 Å². The Kier molecular flexibility index (Phi) is 8.47. The molecule has 0 bridgehead atoms. The Morgan fingerprint density at radius 1 is 1.24 bits per heavy atom. The van der Waals surface area contributed by atoms with E-state index < -0.39 is 0 Å². The van der Waals surface area contributed by atoms with Gasteiger partial charge in [0.15, 0.2) is 0 Å². The molecule has 6 heteroatoms. The molecule has 1 atom stereocenters. The number of rotatable bonds is 10. The Bertz CT molecular complexity index is 740. The number of aromatic nitrogens is 2. The molecule has 1 aliphatic rings. The van der Waals surface area contributed by atoms with Gasteiger partial charge in [-0.15, -0.1) is 0 Å². The van der Waals surface area contributed by atoms with Crippen LogP contribution >= 0.6 is 11.5 Å². The number of carbonyl (C=O) groups excluding carboxylic acids is 1. The predicted octanol–water partition coefficient (Wildman–Crippen LogP) is 4.68. The molecule has 158 valence electrons. The number of hydrogen-bond acceptors (Lipinski definition) is 5. The van der Waals surface area contributed by atoms with Crippen molar-refractivity contribution in [2.45, 2.75) is 58.8 Å². The Hall–Kier alpha value is -1.95. The average molecular weight is 415 g/mol. The zero-order valence-electron chi connectivity index (χ0n) is 17.8. The number of piperidine rings is 1. The van der Waals surface area contributed by atoms with Gasteiger partial charge in [0, 0.05) is 43.5 Å². The van der Waals surface area contributed by atoms with Crippen LogP contribution in [-0.4, -0.2) is 34.9 Å². The van der Waals surface area contributed by atoms with E-state index in [1.54, 1.807) is 0 Å². The fraction of sp³-hybridized carbons (Fsp3) is 0.609. The Balaban J connectivity index is 1.42. The molecule has 0 aliphatic carbocycles. The third-order valence-electron chi connectivity index (χ3n) is 5.88. The highest BCUT2D eigenvalue weighted by Gasteiger charge is 2.23. The van der Waals surface area contributed by atoms with E-state index in [1.807, 2.05) is 6.07 Å². The van der Waals surface area contributed by atoms with Gasteiger partial charge in [-0.2, -0.15) is 4.37 Å². The maximum Gasteiger partial charge on any atom is 0.223 e. The topological polar surface area (TPSA) is 58.1 Å². The van der Waals surface area contributed by atoms with Gasteiger partial charge >= 0.3 is 0 Å². The minimum atomic E-state index is 0.180. The molecule has 0 saturated carbocycles. The summed E-state index contributed by atoms with van der Waals surface area (Å²) in [6.07, 6.45) is 7.22. The summed E-state index contributed by atoms with van der Waals surface area (Å²) in [6, 6.07) is 10.4. The summed E-state index contributed by atoms with van der Waals surface area (Å²) >= 11 is 1.50. The van der Waals surface area contributed by atoms with Crippen LogP contribution in [0, 0.1) is 11.8 Å². The van der Waals surface area contributed by atoms with Crippen molar-refractivity contribution in [3.8, 4) is 0 Å². The molecule has 5 nitrogen and oxygen atoms in total. The van der Waals surface area contributed by atoms with Gasteiger partial charge in [0.2, 0.25) is 11.0 Å². The number of benzene rings is 1. The first kappa shape index (κ1) is 21.8. The van der Waals surface area contributed by atoms with Crippen molar-refractivity contribution in [3.63, 3.8) is 0 Å². The van der Waals surface area contributed by atoms with Crippen LogP contribution < -0.4 is 10.2 Å². The van der Waals surface area contributed by atoms with Gasteiger partial charge in [0.1, 0.15) is 5.82 Å². The predicted molar refractivity (Wildman–Crippen MR) is 120 cm³/mol. The van der Waals surface area contributed by atoms with E-state index in [2.05, 4.69) is 52.7 Å². The van der Waals surface area contributed by atoms with E-state index in [-0.39, 0.29) is 11.8 Å². The van der Waals surface area contributed by atoms with Gasteiger partial charge in [-0.25, -0.2) is 4.98 Å². The van der Waals surface area contributed by atoms with Crippen LogP contribution in [0.5, 0.6) is 0 Å². The molecule has 1 N–H and O–H groups in total. The molecular formula is C23H34N4OS. The summed E-state index contributed by atoms with van der Waals surface area (Å²) in [5, 5.41) is 4.25. The molecule has 0 spiro atoms. The number of carbonyl (C=O) groups is 1. The number of amides is 1. The van der Waals surface area contributed by atoms with E-state index in [0.29, 0.717) is 5.92 Å². The highest BCUT2D eigenvalue weighted by Crippen LogP contribution is 2.25. The van der Waals surface area contributed by atoms with Gasteiger partial charge < -0.3 is 10.2 Å². The molecule has 2 aromatic rings. The summed E-state index contributed by atoms with van der Waals surface area (Å²) < 4.78 is 4.55. The summed E-state index contributed by atoms with van der Waals surface area (Å²) in [7, 11) is 0. The second-order valence-corrected chi connectivity index (χ2v) is 8.81. The van der Waals surface area contributed by atoms with E-state index in [4.69, 9.17) is 4.98 Å². The normalized spacial score (nSPS) is 16.0. The van der Waals surface area contributed by atoms with Crippen molar-refractivity contribution < 1.29 is 4.79 Å². The van der Waals surface area contributed by atoms with Crippen molar-refractivity contribution in [1.82, 2.24) is 14.7 Å². The standard InChI is InChI=1S/C23H34N4OS/c1-3-5-11-20(4-2)22(28)24-17-19-12-14-27(15-13-19)23-25-21(26-29-23)16-18-9-7-6-8-10-18/h6-10,19-20H,3-5,11-17H2,1-2H3,(H,24,28). The monoisotopic (exact) mass is 414 g/mol. The van der Waals surface area contributed by atoms with Crippen molar-refractivity contribution in [1.29, 1.82) is 0 Å². The first-order chi connectivity index (χ1) is 14.2. The van der Waals surface area contributed by atoms with Gasteiger partial charge in [-0.3, -0.25) is 4.79 Å². The molecule has 1 aromatic heterocycles. The molecule has 1 unspecified atom stereocenters. The third kappa shape index (κ3) is 6.53. The number of anilines is 1. The Labute approximate surface area is 179 Å². The lowest BCUT2D eigenvalue weighted by Crippen LogP contribution is -2.40. The van der Waals surface area contributed by atoms with Crippen molar-refractivity contribution in [2.75, 3.05) is 24.5 Å². The molecule has 29 heavy (non-hydrogen) atoms. The first-order valence-electron chi connectivity index (χ1n) is 11.1. The van der Waals surface area contributed by atoms with Crippen LogP contribution in [0.25, 0.3) is 0 Å². The summed E-state index contributed by atoms with van der Waals surface area (Å²) in [6.45, 7) is 7.10. The molecule has 1 aromatic carbocycles. The zero-order valence-corrected chi connectivity index (χ0v) is 18.6. The first-order valence-corrected chi connectivity index (χ1v) is 11.9. The summed E-state index contributed by atoms with van der Waals surface area (Å²) in [5.41, 5.74) is 1.25. The number of hydrogen-bond donors (Lipinski definition) is 1. The van der Waals surface area contributed by atoms with Crippen LogP contribution in [0.15, 0.2) is 30.3 Å². The summed E-state index contributed by atoms with van der Waals surface area (Å²) in [5.74, 6) is 1.90. The molecule has 2 heterocycles. The lowest BCUT2D eigenvalue weighted by atomic mass is 9.95. The van der Waals surface area contributed by atoms with Crippen LogP contribution in [0.4, 0.5) is 5.13 Å². The Morgan fingerprint density at radius 2 is 2.00 bits per heavy atom. The van der Waals surface area contributed by atoms with Gasteiger partial charge in [-0.1, -0.05) is 57.0 Å². The molecule has 1 aliphatic heterocycles. The van der Waals surface area contributed by atoms with E-state index in [9.17, 15) is 4.79 Å². The van der Waals surface area contributed by atoms with E-state index in [0.717, 1.165) is 75.5 Å². The van der Waals surface area contributed by atoms with E-state index in [1.165, 1.54) is 17.1 Å². The second kappa shape index (κ2) is 11.3. The third-order valence-corrected chi connectivity index (χ3v) is 6.70. The van der Waals surface area contributed by atoms with Crippen LogP contribution in [-0.2, 0) is 11.2 Å². The maximum atomic E-state index is 12.4. The number of unbranched alkanes of at least 4 members (excludes halogenated alkanes) is 1. The number of nitrogens with zero attached hydrogens (tertiary/aromatic N) is 3. The van der Waals surface area contributed by atoms with Gasteiger partial charge in [-0.05, 0) is 37.2 Å². The average Bonchev–Trinajstić information content (AvgIpc) is 3.22. The lowest BCUT2D eigenvalue weighted by molar-refractivity contribution is -0.125. The zero-order chi connectivity index (χ0) is 20.5. The van der Waals surface area contributed by atoms with Crippen molar-refractivity contribution in [2.24, 2.45) is 11.8 Å². The quantitative estimate of drug-likeness (QED) is 0.613. The van der Waals surface area contributed by atoms with Crippen molar-refractivity contribution >= 4 is 22.6 Å². The van der Waals surface area contributed by atoms with Gasteiger partial charge in [0.05, 0.1) is 0 Å². The highest BCUT2D eigenvalue weighted by atomic mass is 32.1. The number of nitrogens with one attached hydrogen (secondary N) is 1. The van der Waals surface area contributed by atoms with Crippen LogP contribution in [0.2, 0.25) is 0 Å². The molecule has 1 saturated heterocycles. The Morgan fingerprint density at radius 3 is 2.69 bits per heavy atom. The minimum Gasteiger partial charge on any atom is -0.356 e. The minimum absolute atomic E-state index is 0.180. The molecule has 0 radical (unpaired) electrons. The van der Waals surface area contributed by atoms with Gasteiger partial charge in [0.25, 0.3) is 0 Å². The molecular weight excluding hydrogens is 380 g/mol. The van der Waals surface area contributed by atoms with Crippen LogP contribution in [0.1, 0.15) is 63.8 Å². The smallest absolute Gasteiger partial charge is 0.223 e.